The zero-order valence-electron chi connectivity index (χ0n) is 13.7. The Morgan fingerprint density at radius 3 is 2.62 bits per heavy atom. The lowest BCUT2D eigenvalue weighted by Crippen LogP contribution is -2.22. The zero-order valence-corrected chi connectivity index (χ0v) is 13.7. The minimum absolute atomic E-state index is 0.0369. The second-order valence-electron chi connectivity index (χ2n) is 6.03. The average Bonchev–Trinajstić information content (AvgIpc) is 3.38. The molecule has 1 fully saturated rings. The van der Waals surface area contributed by atoms with Gasteiger partial charge in [0.1, 0.15) is 5.56 Å². The number of carbonyl (C=O) groups is 1. The normalized spacial score (nSPS) is 14.2. The van der Waals surface area contributed by atoms with Gasteiger partial charge in [0.2, 0.25) is 5.43 Å². The number of aromatic nitrogens is 1. The fourth-order valence-electron chi connectivity index (χ4n) is 3.02. The first-order valence-electron chi connectivity index (χ1n) is 8.22. The number of pyridine rings is 1. The number of benzene rings is 1. The van der Waals surface area contributed by atoms with Crippen molar-refractivity contribution in [2.24, 2.45) is 0 Å². The van der Waals surface area contributed by atoms with Crippen LogP contribution in [0.1, 0.15) is 55.1 Å². The van der Waals surface area contributed by atoms with Gasteiger partial charge in [-0.3, -0.25) is 4.79 Å². The molecule has 0 amide bonds. The van der Waals surface area contributed by atoms with E-state index in [4.69, 9.17) is 4.74 Å². The summed E-state index contributed by atoms with van der Waals surface area (Å²) in [6, 6.07) is 0.995. The molecule has 1 heterocycles. The van der Waals surface area contributed by atoms with E-state index in [0.717, 1.165) is 18.9 Å². The third-order valence-electron chi connectivity index (χ3n) is 4.24. The average molecular weight is 335 g/mol. The van der Waals surface area contributed by atoms with Crippen LogP contribution < -0.4 is 5.43 Å². The third-order valence-corrected chi connectivity index (χ3v) is 4.24. The Bertz CT molecular complexity index is 869. The van der Waals surface area contributed by atoms with E-state index in [0.29, 0.717) is 18.4 Å². The van der Waals surface area contributed by atoms with Gasteiger partial charge < -0.3 is 9.30 Å². The third kappa shape index (κ3) is 2.70. The van der Waals surface area contributed by atoms with Crippen LogP contribution in [0.3, 0.4) is 0 Å². The summed E-state index contributed by atoms with van der Waals surface area (Å²) >= 11 is 0. The van der Waals surface area contributed by atoms with Crippen LogP contribution in [0.15, 0.2) is 17.1 Å². The molecule has 6 heteroatoms. The van der Waals surface area contributed by atoms with E-state index in [1.165, 1.54) is 6.20 Å². The fourth-order valence-corrected chi connectivity index (χ4v) is 3.02. The number of carbonyl (C=O) groups excluding carboxylic acids is 1. The number of rotatable bonds is 5. The largest absolute Gasteiger partial charge is 0.462 e. The molecule has 1 aromatic heterocycles. The second kappa shape index (κ2) is 6.34. The monoisotopic (exact) mass is 335 g/mol. The van der Waals surface area contributed by atoms with Gasteiger partial charge >= 0.3 is 5.97 Å². The Labute approximate surface area is 138 Å². The molecular weight excluding hydrogens is 316 g/mol. The van der Waals surface area contributed by atoms with Crippen molar-refractivity contribution in [3.05, 3.63) is 45.2 Å². The topological polar surface area (TPSA) is 48.3 Å². The number of fused-ring (bicyclic) bond motifs is 1. The molecule has 1 aliphatic carbocycles. The number of nitrogens with zero attached hydrogens (tertiary/aromatic N) is 1. The SMILES string of the molecule is CCCc1c(F)c(F)cc2c(=O)c(C(=O)OCC)cn(C3CC3)c12. The molecule has 2 aromatic rings. The van der Waals surface area contributed by atoms with Crippen LogP contribution >= 0.6 is 0 Å². The number of aryl methyl sites for hydroxylation is 1. The number of halogens is 2. The van der Waals surface area contributed by atoms with Gasteiger partial charge in [0.25, 0.3) is 0 Å². The summed E-state index contributed by atoms with van der Waals surface area (Å²) in [4.78, 5) is 24.7. The quantitative estimate of drug-likeness (QED) is 0.782. The molecule has 4 nitrogen and oxygen atoms in total. The summed E-state index contributed by atoms with van der Waals surface area (Å²) in [6.45, 7) is 3.65. The Morgan fingerprint density at radius 2 is 2.04 bits per heavy atom. The Hall–Kier alpha value is -2.24. The predicted molar refractivity (Wildman–Crippen MR) is 86.3 cm³/mol. The number of hydrogen-bond donors (Lipinski definition) is 0. The summed E-state index contributed by atoms with van der Waals surface area (Å²) in [6.07, 6.45) is 4.14. The molecule has 0 unspecified atom stereocenters. The first-order chi connectivity index (χ1) is 11.5. The molecule has 128 valence electrons. The van der Waals surface area contributed by atoms with Crippen LogP contribution in [0.25, 0.3) is 10.9 Å². The van der Waals surface area contributed by atoms with Gasteiger partial charge in [-0.2, -0.15) is 0 Å². The smallest absolute Gasteiger partial charge is 0.343 e. The minimum atomic E-state index is -1.06. The van der Waals surface area contributed by atoms with E-state index in [9.17, 15) is 18.4 Å². The summed E-state index contributed by atoms with van der Waals surface area (Å²) in [5.41, 5.74) is -0.149. The first kappa shape index (κ1) is 16.6. The van der Waals surface area contributed by atoms with Crippen molar-refractivity contribution in [3.63, 3.8) is 0 Å². The summed E-state index contributed by atoms with van der Waals surface area (Å²) in [5, 5.41) is 0.0369. The van der Waals surface area contributed by atoms with Crippen molar-refractivity contribution >= 4 is 16.9 Å². The highest BCUT2D eigenvalue weighted by atomic mass is 19.2. The maximum atomic E-state index is 14.3. The molecule has 0 atom stereocenters. The lowest BCUT2D eigenvalue weighted by atomic mass is 10.0. The van der Waals surface area contributed by atoms with Crippen molar-refractivity contribution in [1.82, 2.24) is 4.57 Å². The molecule has 0 N–H and O–H groups in total. The maximum Gasteiger partial charge on any atom is 0.343 e. The highest BCUT2D eigenvalue weighted by Gasteiger charge is 2.29. The molecule has 0 bridgehead atoms. The highest BCUT2D eigenvalue weighted by Crippen LogP contribution is 2.38. The molecule has 24 heavy (non-hydrogen) atoms. The zero-order chi connectivity index (χ0) is 17.4. The fraction of sp³-hybridized carbons (Fsp3) is 0.444. The van der Waals surface area contributed by atoms with E-state index >= 15 is 0 Å². The van der Waals surface area contributed by atoms with E-state index < -0.39 is 23.0 Å². The summed E-state index contributed by atoms with van der Waals surface area (Å²) in [7, 11) is 0. The van der Waals surface area contributed by atoms with Crippen LogP contribution in [-0.4, -0.2) is 17.1 Å². The van der Waals surface area contributed by atoms with Crippen molar-refractivity contribution in [1.29, 1.82) is 0 Å². The van der Waals surface area contributed by atoms with Crippen LogP contribution in [0.2, 0.25) is 0 Å². The Morgan fingerprint density at radius 1 is 1.33 bits per heavy atom. The predicted octanol–water partition coefficient (Wildman–Crippen LogP) is 3.74. The lowest BCUT2D eigenvalue weighted by Gasteiger charge is -2.16. The van der Waals surface area contributed by atoms with Crippen LogP contribution in [-0.2, 0) is 11.2 Å². The van der Waals surface area contributed by atoms with Crippen molar-refractivity contribution in [2.75, 3.05) is 6.61 Å². The maximum absolute atomic E-state index is 14.3. The van der Waals surface area contributed by atoms with E-state index in [-0.39, 0.29) is 29.2 Å². The number of ether oxygens (including phenoxy) is 1. The van der Waals surface area contributed by atoms with Crippen molar-refractivity contribution < 1.29 is 18.3 Å². The summed E-state index contributed by atoms with van der Waals surface area (Å²) < 4.78 is 35.0. The molecule has 0 saturated heterocycles. The van der Waals surface area contributed by atoms with E-state index in [2.05, 4.69) is 0 Å². The number of esters is 1. The molecule has 0 radical (unpaired) electrons. The second-order valence-corrected chi connectivity index (χ2v) is 6.03. The molecule has 1 aliphatic rings. The molecule has 0 aliphatic heterocycles. The Kier molecular flexibility index (Phi) is 4.39. The van der Waals surface area contributed by atoms with Gasteiger partial charge in [-0.1, -0.05) is 13.3 Å². The minimum Gasteiger partial charge on any atom is -0.462 e. The molecule has 0 spiro atoms. The molecule has 1 aromatic carbocycles. The van der Waals surface area contributed by atoms with Gasteiger partial charge in [-0.25, -0.2) is 13.6 Å². The van der Waals surface area contributed by atoms with Gasteiger partial charge in [-0.15, -0.1) is 0 Å². The van der Waals surface area contributed by atoms with Gasteiger partial charge in [0, 0.05) is 23.2 Å². The standard InChI is InChI=1S/C18H19F2NO3/c1-3-5-11-15(20)14(19)8-12-16(11)21(10-6-7-10)9-13(17(12)22)18(23)24-4-2/h8-10H,3-7H2,1-2H3. The van der Waals surface area contributed by atoms with Crippen LogP contribution in [0.4, 0.5) is 8.78 Å². The van der Waals surface area contributed by atoms with Crippen molar-refractivity contribution in [2.45, 2.75) is 45.6 Å². The number of hydrogen-bond acceptors (Lipinski definition) is 3. The van der Waals surface area contributed by atoms with Crippen molar-refractivity contribution in [3.8, 4) is 0 Å². The molecule has 1 saturated carbocycles. The van der Waals surface area contributed by atoms with Gasteiger partial charge in [0.05, 0.1) is 12.1 Å². The molecular formula is C18H19F2NO3. The van der Waals surface area contributed by atoms with E-state index in [1.54, 1.807) is 11.5 Å². The van der Waals surface area contributed by atoms with Gasteiger partial charge in [-0.05, 0) is 32.3 Å². The molecule has 3 rings (SSSR count). The van der Waals surface area contributed by atoms with Crippen LogP contribution in [0, 0.1) is 11.6 Å². The van der Waals surface area contributed by atoms with E-state index in [1.807, 2.05) is 6.92 Å². The van der Waals surface area contributed by atoms with Crippen LogP contribution in [0.5, 0.6) is 0 Å². The first-order valence-corrected chi connectivity index (χ1v) is 8.22. The Balaban J connectivity index is 2.38. The highest BCUT2D eigenvalue weighted by molar-refractivity contribution is 5.94. The van der Waals surface area contributed by atoms with Gasteiger partial charge in [0.15, 0.2) is 11.6 Å². The lowest BCUT2D eigenvalue weighted by molar-refractivity contribution is 0.0524. The summed E-state index contributed by atoms with van der Waals surface area (Å²) in [5.74, 6) is -2.71.